The van der Waals surface area contributed by atoms with Gasteiger partial charge in [0.15, 0.2) is 6.61 Å². The summed E-state index contributed by atoms with van der Waals surface area (Å²) in [6.45, 7) is 8.39. The Labute approximate surface area is 193 Å². The van der Waals surface area contributed by atoms with Crippen LogP contribution in [0.1, 0.15) is 37.0 Å². The van der Waals surface area contributed by atoms with Crippen molar-refractivity contribution in [3.8, 4) is 11.5 Å². The first-order valence-corrected chi connectivity index (χ1v) is 11.2. The van der Waals surface area contributed by atoms with Crippen LogP contribution < -0.4 is 14.8 Å². The molecule has 168 valence electrons. The highest BCUT2D eigenvalue weighted by atomic mass is 79.9. The van der Waals surface area contributed by atoms with Gasteiger partial charge in [0.25, 0.3) is 5.91 Å². The second kappa shape index (κ2) is 11.7. The van der Waals surface area contributed by atoms with Crippen molar-refractivity contribution in [3.63, 3.8) is 0 Å². The lowest BCUT2D eigenvalue weighted by Gasteiger charge is -2.29. The summed E-state index contributed by atoms with van der Waals surface area (Å²) in [7, 11) is 1.61. The molecule has 1 N–H and O–H groups in total. The Balaban J connectivity index is 2.16. The summed E-state index contributed by atoms with van der Waals surface area (Å²) in [5.74, 6) is 0.922. The Morgan fingerprint density at radius 3 is 2.26 bits per heavy atom. The van der Waals surface area contributed by atoms with Gasteiger partial charge >= 0.3 is 0 Å². The molecule has 0 radical (unpaired) electrons. The summed E-state index contributed by atoms with van der Waals surface area (Å²) < 4.78 is 12.0. The Bertz CT molecular complexity index is 876. The zero-order valence-electron chi connectivity index (χ0n) is 18.8. The SMILES string of the molecule is CCCNC(=O)C(C)N(Cc1ccc(OC)cc1)C(=O)COc1cc(C)c(Br)c(C)c1. The fraction of sp³-hybridized carbons (Fsp3) is 0.417. The molecular weight excluding hydrogens is 460 g/mol. The molecule has 0 aromatic heterocycles. The average molecular weight is 491 g/mol. The predicted molar refractivity (Wildman–Crippen MR) is 125 cm³/mol. The van der Waals surface area contributed by atoms with Crippen molar-refractivity contribution in [3.05, 3.63) is 57.6 Å². The van der Waals surface area contributed by atoms with E-state index in [-0.39, 0.29) is 18.4 Å². The fourth-order valence-electron chi connectivity index (χ4n) is 3.12. The Kier molecular flexibility index (Phi) is 9.37. The van der Waals surface area contributed by atoms with Crippen LogP contribution in [-0.4, -0.2) is 43.0 Å². The third kappa shape index (κ3) is 6.99. The highest BCUT2D eigenvalue weighted by molar-refractivity contribution is 9.10. The number of methoxy groups -OCH3 is 1. The molecule has 1 unspecified atom stereocenters. The number of aryl methyl sites for hydroxylation is 2. The molecule has 1 atom stereocenters. The molecular formula is C24H31BrN2O4. The minimum atomic E-state index is -0.627. The second-order valence-electron chi connectivity index (χ2n) is 7.50. The van der Waals surface area contributed by atoms with Crippen LogP contribution in [0.3, 0.4) is 0 Å². The molecule has 0 saturated carbocycles. The van der Waals surface area contributed by atoms with E-state index < -0.39 is 6.04 Å². The van der Waals surface area contributed by atoms with Crippen LogP contribution in [-0.2, 0) is 16.1 Å². The maximum atomic E-state index is 13.1. The third-order valence-corrected chi connectivity index (χ3v) is 6.25. The van der Waals surface area contributed by atoms with Gasteiger partial charge in [-0.05, 0) is 68.1 Å². The highest BCUT2D eigenvalue weighted by Crippen LogP contribution is 2.26. The molecule has 0 spiro atoms. The number of hydrogen-bond donors (Lipinski definition) is 1. The van der Waals surface area contributed by atoms with E-state index in [0.29, 0.717) is 18.8 Å². The van der Waals surface area contributed by atoms with Gasteiger partial charge in [0.2, 0.25) is 5.91 Å². The standard InChI is InChI=1S/C24H31BrN2O4/c1-6-11-26-24(29)18(4)27(14-19-7-9-20(30-5)10-8-19)22(28)15-31-21-12-16(2)23(25)17(3)13-21/h7-10,12-13,18H,6,11,14-15H2,1-5H3,(H,26,29). The van der Waals surface area contributed by atoms with Gasteiger partial charge in [-0.1, -0.05) is 35.0 Å². The lowest BCUT2D eigenvalue weighted by Crippen LogP contribution is -2.49. The summed E-state index contributed by atoms with van der Waals surface area (Å²) in [6.07, 6.45) is 0.830. The molecule has 2 amide bonds. The number of nitrogens with zero attached hydrogens (tertiary/aromatic N) is 1. The number of nitrogens with one attached hydrogen (secondary N) is 1. The number of benzene rings is 2. The Morgan fingerprint density at radius 1 is 1.10 bits per heavy atom. The quantitative estimate of drug-likeness (QED) is 0.535. The molecule has 0 saturated heterocycles. The van der Waals surface area contributed by atoms with Crippen molar-refractivity contribution in [1.82, 2.24) is 10.2 Å². The summed E-state index contributed by atoms with van der Waals surface area (Å²) in [5, 5.41) is 2.87. The van der Waals surface area contributed by atoms with Crippen molar-refractivity contribution < 1.29 is 19.1 Å². The van der Waals surface area contributed by atoms with Gasteiger partial charge in [-0.2, -0.15) is 0 Å². The number of hydrogen-bond acceptors (Lipinski definition) is 4. The topological polar surface area (TPSA) is 67.9 Å². The largest absolute Gasteiger partial charge is 0.497 e. The molecule has 0 aliphatic carbocycles. The van der Waals surface area contributed by atoms with Gasteiger partial charge in [0.05, 0.1) is 7.11 Å². The minimum absolute atomic E-state index is 0.151. The Morgan fingerprint density at radius 2 is 1.71 bits per heavy atom. The normalized spacial score (nSPS) is 11.5. The summed E-state index contributed by atoms with van der Waals surface area (Å²) in [6, 6.07) is 10.6. The lowest BCUT2D eigenvalue weighted by atomic mass is 10.1. The Hall–Kier alpha value is -2.54. The maximum Gasteiger partial charge on any atom is 0.261 e. The van der Waals surface area contributed by atoms with E-state index in [9.17, 15) is 9.59 Å². The van der Waals surface area contributed by atoms with Crippen molar-refractivity contribution in [2.75, 3.05) is 20.3 Å². The molecule has 0 fully saturated rings. The molecule has 7 heteroatoms. The monoisotopic (exact) mass is 490 g/mol. The summed E-state index contributed by atoms with van der Waals surface area (Å²) in [4.78, 5) is 27.2. The van der Waals surface area contributed by atoms with E-state index >= 15 is 0 Å². The highest BCUT2D eigenvalue weighted by Gasteiger charge is 2.26. The molecule has 2 aromatic rings. The van der Waals surface area contributed by atoms with E-state index in [1.807, 2.05) is 57.2 Å². The van der Waals surface area contributed by atoms with Crippen LogP contribution in [0.25, 0.3) is 0 Å². The van der Waals surface area contributed by atoms with Crippen LogP contribution in [0.15, 0.2) is 40.9 Å². The first kappa shape index (κ1) is 24.7. The van der Waals surface area contributed by atoms with E-state index in [1.54, 1.807) is 18.9 Å². The molecule has 0 aliphatic heterocycles. The van der Waals surface area contributed by atoms with Gasteiger partial charge in [-0.25, -0.2) is 0 Å². The number of amides is 2. The smallest absolute Gasteiger partial charge is 0.261 e. The molecule has 6 nitrogen and oxygen atoms in total. The lowest BCUT2D eigenvalue weighted by molar-refractivity contribution is -0.142. The predicted octanol–water partition coefficient (Wildman–Crippen LogP) is 4.40. The molecule has 0 bridgehead atoms. The van der Waals surface area contributed by atoms with Crippen LogP contribution in [0.5, 0.6) is 11.5 Å². The number of carbonyl (C=O) groups is 2. The van der Waals surface area contributed by atoms with Crippen molar-refractivity contribution in [2.45, 2.75) is 46.7 Å². The van der Waals surface area contributed by atoms with Crippen molar-refractivity contribution in [1.29, 1.82) is 0 Å². The average Bonchev–Trinajstić information content (AvgIpc) is 2.77. The number of carbonyl (C=O) groups excluding carboxylic acids is 2. The first-order valence-electron chi connectivity index (χ1n) is 10.4. The second-order valence-corrected chi connectivity index (χ2v) is 8.29. The zero-order chi connectivity index (χ0) is 23.0. The van der Waals surface area contributed by atoms with E-state index in [2.05, 4.69) is 21.2 Å². The molecule has 0 heterocycles. The van der Waals surface area contributed by atoms with Crippen molar-refractivity contribution in [2.24, 2.45) is 0 Å². The zero-order valence-corrected chi connectivity index (χ0v) is 20.4. The van der Waals surface area contributed by atoms with E-state index in [1.165, 1.54) is 0 Å². The van der Waals surface area contributed by atoms with E-state index in [4.69, 9.17) is 9.47 Å². The van der Waals surface area contributed by atoms with Crippen LogP contribution in [0.4, 0.5) is 0 Å². The summed E-state index contributed by atoms with van der Waals surface area (Å²) >= 11 is 3.54. The molecule has 2 rings (SSSR count). The number of halogens is 1. The molecule has 0 aliphatic rings. The fourth-order valence-corrected chi connectivity index (χ4v) is 3.35. The minimum Gasteiger partial charge on any atom is -0.497 e. The number of ether oxygens (including phenoxy) is 2. The third-order valence-electron chi connectivity index (χ3n) is 5.00. The van der Waals surface area contributed by atoms with Gasteiger partial charge < -0.3 is 19.7 Å². The van der Waals surface area contributed by atoms with Crippen LogP contribution >= 0.6 is 15.9 Å². The molecule has 31 heavy (non-hydrogen) atoms. The number of rotatable bonds is 10. The van der Waals surface area contributed by atoms with Crippen LogP contribution in [0, 0.1) is 13.8 Å². The molecule has 2 aromatic carbocycles. The van der Waals surface area contributed by atoms with Crippen LogP contribution in [0.2, 0.25) is 0 Å². The van der Waals surface area contributed by atoms with Gasteiger partial charge in [0.1, 0.15) is 17.5 Å². The summed E-state index contributed by atoms with van der Waals surface area (Å²) in [5.41, 5.74) is 2.97. The maximum absolute atomic E-state index is 13.1. The van der Waals surface area contributed by atoms with E-state index in [0.717, 1.165) is 33.3 Å². The van der Waals surface area contributed by atoms with Crippen molar-refractivity contribution >= 4 is 27.7 Å². The van der Waals surface area contributed by atoms with Gasteiger partial charge in [-0.3, -0.25) is 9.59 Å². The van der Waals surface area contributed by atoms with Gasteiger partial charge in [0, 0.05) is 17.6 Å². The van der Waals surface area contributed by atoms with Gasteiger partial charge in [-0.15, -0.1) is 0 Å². The first-order chi connectivity index (χ1) is 14.8.